The Labute approximate surface area is 120 Å². The summed E-state index contributed by atoms with van der Waals surface area (Å²) in [4.78, 5) is 11.7. The van der Waals surface area contributed by atoms with Crippen molar-refractivity contribution < 1.29 is 27.4 Å². The molecule has 1 aliphatic rings. The van der Waals surface area contributed by atoms with Crippen LogP contribution in [0.1, 0.15) is 23.6 Å². The molecule has 1 aromatic carbocycles. The summed E-state index contributed by atoms with van der Waals surface area (Å²) in [5, 5.41) is 0. The van der Waals surface area contributed by atoms with Crippen LogP contribution >= 0.6 is 0 Å². The van der Waals surface area contributed by atoms with Gasteiger partial charge in [0.15, 0.2) is 0 Å². The van der Waals surface area contributed by atoms with Gasteiger partial charge < -0.3 is 9.47 Å². The van der Waals surface area contributed by atoms with E-state index in [4.69, 9.17) is 4.74 Å². The van der Waals surface area contributed by atoms with Gasteiger partial charge in [0.1, 0.15) is 5.75 Å². The van der Waals surface area contributed by atoms with Gasteiger partial charge in [0, 0.05) is 5.56 Å². The van der Waals surface area contributed by atoms with Crippen LogP contribution in [0.2, 0.25) is 0 Å². The van der Waals surface area contributed by atoms with Crippen LogP contribution in [0.3, 0.4) is 0 Å². The third kappa shape index (κ3) is 2.89. The molecule has 0 aliphatic carbocycles. The molecule has 0 amide bonds. The molecule has 0 spiro atoms. The normalized spacial score (nSPS) is 17.6. The van der Waals surface area contributed by atoms with Gasteiger partial charge in [-0.2, -0.15) is 13.2 Å². The second-order valence-corrected chi connectivity index (χ2v) is 4.79. The first kappa shape index (κ1) is 15.4. The Kier molecular flexibility index (Phi) is 3.98. The minimum Gasteiger partial charge on any atom is -0.475 e. The fourth-order valence-electron chi connectivity index (χ4n) is 2.13. The number of aryl methyl sites for hydroxylation is 1. The summed E-state index contributed by atoms with van der Waals surface area (Å²) in [5.41, 5.74) is 1.37. The second-order valence-electron chi connectivity index (χ2n) is 4.79. The Balaban J connectivity index is 2.55. The van der Waals surface area contributed by atoms with Gasteiger partial charge in [-0.1, -0.05) is 12.1 Å². The van der Waals surface area contributed by atoms with Crippen LogP contribution in [0.4, 0.5) is 13.2 Å². The van der Waals surface area contributed by atoms with Gasteiger partial charge in [0.05, 0.1) is 12.2 Å². The summed E-state index contributed by atoms with van der Waals surface area (Å²) in [6.45, 7) is 5.00. The smallest absolute Gasteiger partial charge is 0.430 e. The summed E-state index contributed by atoms with van der Waals surface area (Å²) in [5.74, 6) is -0.853. The SMILES string of the molecule is CCOC(=O)C1=Cc2ccc(C)c(C)c2OC1C(F)(F)F. The third-order valence-corrected chi connectivity index (χ3v) is 3.34. The Bertz CT molecular complexity index is 603. The lowest BCUT2D eigenvalue weighted by Crippen LogP contribution is -2.41. The average molecular weight is 300 g/mol. The zero-order valence-electron chi connectivity index (χ0n) is 11.9. The molecule has 2 rings (SSSR count). The Hall–Kier alpha value is -1.98. The highest BCUT2D eigenvalue weighted by atomic mass is 19.4. The van der Waals surface area contributed by atoms with Crippen LogP contribution in [0.5, 0.6) is 5.75 Å². The molecule has 0 radical (unpaired) electrons. The minimum atomic E-state index is -4.69. The number of rotatable bonds is 2. The van der Waals surface area contributed by atoms with Crippen molar-refractivity contribution in [3.63, 3.8) is 0 Å². The van der Waals surface area contributed by atoms with E-state index >= 15 is 0 Å². The highest BCUT2D eigenvalue weighted by Gasteiger charge is 2.49. The van der Waals surface area contributed by atoms with Crippen molar-refractivity contribution in [1.82, 2.24) is 0 Å². The van der Waals surface area contributed by atoms with E-state index in [1.54, 1.807) is 26.0 Å². The maximum atomic E-state index is 13.1. The predicted molar refractivity (Wildman–Crippen MR) is 71.0 cm³/mol. The lowest BCUT2D eigenvalue weighted by atomic mass is 9.97. The van der Waals surface area contributed by atoms with Crippen LogP contribution < -0.4 is 4.74 Å². The van der Waals surface area contributed by atoms with Crippen molar-refractivity contribution in [2.24, 2.45) is 0 Å². The van der Waals surface area contributed by atoms with Crippen molar-refractivity contribution in [3.05, 3.63) is 34.4 Å². The van der Waals surface area contributed by atoms with E-state index < -0.39 is 23.8 Å². The second kappa shape index (κ2) is 5.42. The van der Waals surface area contributed by atoms with E-state index in [0.29, 0.717) is 11.1 Å². The van der Waals surface area contributed by atoms with Gasteiger partial charge in [-0.25, -0.2) is 4.79 Å². The molecule has 0 saturated carbocycles. The Morgan fingerprint density at radius 2 is 2.00 bits per heavy atom. The summed E-state index contributed by atoms with van der Waals surface area (Å²) in [6.07, 6.45) is -5.79. The first-order valence-electron chi connectivity index (χ1n) is 6.48. The Morgan fingerprint density at radius 3 is 2.57 bits per heavy atom. The van der Waals surface area contributed by atoms with Gasteiger partial charge in [0.25, 0.3) is 0 Å². The molecule has 1 aromatic rings. The number of carbonyl (C=O) groups excluding carboxylic acids is 1. The number of hydrogen-bond acceptors (Lipinski definition) is 3. The number of benzene rings is 1. The van der Waals surface area contributed by atoms with Gasteiger partial charge in [-0.3, -0.25) is 0 Å². The van der Waals surface area contributed by atoms with Crippen molar-refractivity contribution in [2.75, 3.05) is 6.61 Å². The monoisotopic (exact) mass is 300 g/mol. The number of esters is 1. The standard InChI is InChI=1S/C15H15F3O3/c1-4-20-14(19)11-7-10-6-5-8(2)9(3)12(10)21-13(11)15(16,17)18/h5-7,13H,4H2,1-3H3. The molecule has 21 heavy (non-hydrogen) atoms. The van der Waals surface area contributed by atoms with Gasteiger partial charge in [-0.05, 0) is 38.0 Å². The molecule has 6 heteroatoms. The zero-order chi connectivity index (χ0) is 15.8. The largest absolute Gasteiger partial charge is 0.475 e. The molecule has 0 N–H and O–H groups in total. The van der Waals surface area contributed by atoms with E-state index in [9.17, 15) is 18.0 Å². The molecule has 1 heterocycles. The number of hydrogen-bond donors (Lipinski definition) is 0. The van der Waals surface area contributed by atoms with E-state index in [2.05, 4.69) is 4.74 Å². The van der Waals surface area contributed by atoms with Crippen molar-refractivity contribution >= 4 is 12.0 Å². The molecule has 0 bridgehead atoms. The molecule has 0 aromatic heterocycles. The summed E-state index contributed by atoms with van der Waals surface area (Å²) < 4.78 is 49.2. The van der Waals surface area contributed by atoms with Crippen LogP contribution in [0.15, 0.2) is 17.7 Å². The molecular weight excluding hydrogens is 285 g/mol. The number of ether oxygens (including phenoxy) is 2. The summed E-state index contributed by atoms with van der Waals surface area (Å²) in [7, 11) is 0. The maximum absolute atomic E-state index is 13.1. The molecule has 3 nitrogen and oxygen atoms in total. The van der Waals surface area contributed by atoms with Crippen molar-refractivity contribution in [3.8, 4) is 5.75 Å². The third-order valence-electron chi connectivity index (χ3n) is 3.34. The van der Waals surface area contributed by atoms with E-state index in [-0.39, 0.29) is 12.4 Å². The zero-order valence-corrected chi connectivity index (χ0v) is 11.9. The lowest BCUT2D eigenvalue weighted by molar-refractivity contribution is -0.188. The molecule has 1 aliphatic heterocycles. The van der Waals surface area contributed by atoms with Gasteiger partial charge in [0.2, 0.25) is 6.10 Å². The lowest BCUT2D eigenvalue weighted by Gasteiger charge is -2.29. The van der Waals surface area contributed by atoms with E-state index in [1.165, 1.54) is 13.0 Å². The van der Waals surface area contributed by atoms with E-state index in [1.807, 2.05) is 0 Å². The highest BCUT2D eigenvalue weighted by molar-refractivity contribution is 5.96. The van der Waals surface area contributed by atoms with Crippen LogP contribution in [-0.4, -0.2) is 24.9 Å². The molecule has 0 fully saturated rings. The summed E-state index contributed by atoms with van der Waals surface area (Å²) in [6, 6.07) is 3.40. The van der Waals surface area contributed by atoms with Crippen molar-refractivity contribution in [2.45, 2.75) is 33.1 Å². The Morgan fingerprint density at radius 1 is 1.33 bits per heavy atom. The maximum Gasteiger partial charge on any atom is 0.430 e. The number of halogens is 3. The molecule has 1 atom stereocenters. The average Bonchev–Trinajstić information content (AvgIpc) is 2.41. The van der Waals surface area contributed by atoms with Crippen molar-refractivity contribution in [1.29, 1.82) is 0 Å². The quantitative estimate of drug-likeness (QED) is 0.783. The molecule has 1 unspecified atom stereocenters. The fourth-order valence-corrected chi connectivity index (χ4v) is 2.13. The van der Waals surface area contributed by atoms with Crippen LogP contribution in [0.25, 0.3) is 6.08 Å². The van der Waals surface area contributed by atoms with E-state index in [0.717, 1.165) is 5.56 Å². The summed E-state index contributed by atoms with van der Waals surface area (Å²) >= 11 is 0. The number of carbonyl (C=O) groups is 1. The fraction of sp³-hybridized carbons (Fsp3) is 0.400. The van der Waals surface area contributed by atoms with Crippen LogP contribution in [0, 0.1) is 13.8 Å². The molecule has 0 saturated heterocycles. The molecule has 114 valence electrons. The highest BCUT2D eigenvalue weighted by Crippen LogP contribution is 2.39. The van der Waals surface area contributed by atoms with Gasteiger partial charge >= 0.3 is 12.1 Å². The number of alkyl halides is 3. The molecular formula is C15H15F3O3. The first-order chi connectivity index (χ1) is 9.75. The predicted octanol–water partition coefficient (Wildman–Crippen LogP) is 3.57. The topological polar surface area (TPSA) is 35.5 Å². The van der Waals surface area contributed by atoms with Gasteiger partial charge in [-0.15, -0.1) is 0 Å². The first-order valence-corrected chi connectivity index (χ1v) is 6.48. The van der Waals surface area contributed by atoms with Crippen LogP contribution in [-0.2, 0) is 9.53 Å². The minimum absolute atomic E-state index is 0.000529. The number of fused-ring (bicyclic) bond motifs is 1.